The number of benzene rings is 1. The maximum atomic E-state index is 13.2. The summed E-state index contributed by atoms with van der Waals surface area (Å²) in [4.78, 5) is 26.2. The van der Waals surface area contributed by atoms with Crippen LogP contribution in [-0.2, 0) is 23.2 Å². The van der Waals surface area contributed by atoms with Crippen molar-refractivity contribution < 1.29 is 14.7 Å². The highest BCUT2D eigenvalue weighted by Gasteiger charge is 2.29. The van der Waals surface area contributed by atoms with Crippen molar-refractivity contribution in [2.24, 2.45) is 13.0 Å². The van der Waals surface area contributed by atoms with Gasteiger partial charge in [-0.05, 0) is 26.3 Å². The molecule has 1 heterocycles. The molecule has 26 heavy (non-hydrogen) atoms. The van der Waals surface area contributed by atoms with E-state index in [1.54, 1.807) is 16.5 Å². The van der Waals surface area contributed by atoms with Crippen LogP contribution in [0.5, 0.6) is 0 Å². The smallest absolute Gasteiger partial charge is 0.308 e. The summed E-state index contributed by atoms with van der Waals surface area (Å²) in [5.41, 5.74) is 3.68. The molecule has 6 heteroatoms. The van der Waals surface area contributed by atoms with Crippen molar-refractivity contribution in [1.82, 2.24) is 14.7 Å². The number of carboxylic acid groups (broad SMARTS) is 1. The van der Waals surface area contributed by atoms with Crippen LogP contribution in [0, 0.1) is 19.8 Å². The van der Waals surface area contributed by atoms with Crippen molar-refractivity contribution in [1.29, 1.82) is 0 Å². The van der Waals surface area contributed by atoms with Gasteiger partial charge >= 0.3 is 5.97 Å². The van der Waals surface area contributed by atoms with E-state index in [0.717, 1.165) is 22.5 Å². The molecular formula is C20H27N3O3. The number of rotatable bonds is 7. The average Bonchev–Trinajstić information content (AvgIpc) is 2.86. The summed E-state index contributed by atoms with van der Waals surface area (Å²) in [5.74, 6) is -2.00. The molecule has 1 amide bonds. The summed E-state index contributed by atoms with van der Waals surface area (Å²) >= 11 is 0. The molecule has 0 unspecified atom stereocenters. The number of aliphatic carboxylic acids is 1. The van der Waals surface area contributed by atoms with Crippen LogP contribution in [0.1, 0.15) is 42.3 Å². The van der Waals surface area contributed by atoms with Gasteiger partial charge in [0.25, 0.3) is 0 Å². The second-order valence-corrected chi connectivity index (χ2v) is 6.87. The van der Waals surface area contributed by atoms with Gasteiger partial charge in [-0.3, -0.25) is 14.3 Å². The molecule has 0 saturated heterocycles. The number of hydrogen-bond donors (Lipinski definition) is 1. The fourth-order valence-corrected chi connectivity index (χ4v) is 3.26. The Balaban J connectivity index is 2.30. The first kappa shape index (κ1) is 19.7. The van der Waals surface area contributed by atoms with Crippen LogP contribution < -0.4 is 0 Å². The van der Waals surface area contributed by atoms with E-state index in [4.69, 9.17) is 0 Å². The lowest BCUT2D eigenvalue weighted by Gasteiger charge is -2.28. The van der Waals surface area contributed by atoms with E-state index in [0.29, 0.717) is 6.54 Å². The third-order valence-electron chi connectivity index (χ3n) is 4.81. The Morgan fingerprint density at radius 1 is 1.19 bits per heavy atom. The van der Waals surface area contributed by atoms with Gasteiger partial charge in [-0.1, -0.05) is 37.3 Å². The molecular weight excluding hydrogens is 330 g/mol. The third kappa shape index (κ3) is 4.31. The molecule has 2 rings (SSSR count). The molecule has 0 aliphatic rings. The molecule has 1 N–H and O–H groups in total. The molecule has 0 spiro atoms. The molecule has 2 aromatic rings. The van der Waals surface area contributed by atoms with Crippen LogP contribution in [0.4, 0.5) is 0 Å². The van der Waals surface area contributed by atoms with E-state index in [9.17, 15) is 14.7 Å². The zero-order valence-corrected chi connectivity index (χ0v) is 16.1. The monoisotopic (exact) mass is 357 g/mol. The van der Waals surface area contributed by atoms with Gasteiger partial charge in [0.15, 0.2) is 0 Å². The number of carbonyl (C=O) groups excluding carboxylic acids is 1. The van der Waals surface area contributed by atoms with Gasteiger partial charge in [-0.2, -0.15) is 5.10 Å². The molecule has 0 radical (unpaired) electrons. The first-order valence-electron chi connectivity index (χ1n) is 8.78. The predicted octanol–water partition coefficient (Wildman–Crippen LogP) is 2.89. The SMILES string of the molecule is Cc1nn(C)c(C)c1[C@@H](C)C(=O)N(Cc1ccccc1)C[C@H](C)C(=O)O. The largest absolute Gasteiger partial charge is 0.481 e. The summed E-state index contributed by atoms with van der Waals surface area (Å²) < 4.78 is 1.77. The van der Waals surface area contributed by atoms with Crippen molar-refractivity contribution >= 4 is 11.9 Å². The summed E-state index contributed by atoms with van der Waals surface area (Å²) in [6.07, 6.45) is 0. The van der Waals surface area contributed by atoms with Crippen molar-refractivity contribution in [2.75, 3.05) is 6.54 Å². The molecule has 0 aliphatic carbocycles. The lowest BCUT2D eigenvalue weighted by atomic mass is 9.96. The Morgan fingerprint density at radius 3 is 2.31 bits per heavy atom. The van der Waals surface area contributed by atoms with E-state index in [1.807, 2.05) is 58.2 Å². The van der Waals surface area contributed by atoms with Gasteiger partial charge in [-0.15, -0.1) is 0 Å². The molecule has 140 valence electrons. The predicted molar refractivity (Wildman–Crippen MR) is 99.8 cm³/mol. The Bertz CT molecular complexity index is 783. The number of amides is 1. The summed E-state index contributed by atoms with van der Waals surface area (Å²) in [7, 11) is 1.86. The normalized spacial score (nSPS) is 13.3. The molecule has 2 atom stereocenters. The summed E-state index contributed by atoms with van der Waals surface area (Å²) in [6.45, 7) is 7.89. The first-order valence-corrected chi connectivity index (χ1v) is 8.78. The topological polar surface area (TPSA) is 75.4 Å². The Labute approximate surface area is 154 Å². The second-order valence-electron chi connectivity index (χ2n) is 6.87. The number of nitrogens with zero attached hydrogens (tertiary/aromatic N) is 3. The molecule has 6 nitrogen and oxygen atoms in total. The average molecular weight is 357 g/mol. The van der Waals surface area contributed by atoms with Gasteiger partial charge in [0.1, 0.15) is 0 Å². The standard InChI is InChI=1S/C20H27N3O3/c1-13(20(25)26)11-23(12-17-9-7-6-8-10-17)19(24)14(2)18-15(3)21-22(5)16(18)4/h6-10,13-14H,11-12H2,1-5H3,(H,25,26)/t13-,14+/m0/s1. The number of carbonyl (C=O) groups is 2. The highest BCUT2D eigenvalue weighted by molar-refractivity contribution is 5.84. The van der Waals surface area contributed by atoms with Crippen molar-refractivity contribution in [3.05, 3.63) is 52.8 Å². The maximum Gasteiger partial charge on any atom is 0.308 e. The number of carboxylic acids is 1. The first-order chi connectivity index (χ1) is 12.2. The Morgan fingerprint density at radius 2 is 1.81 bits per heavy atom. The van der Waals surface area contributed by atoms with Crippen molar-refractivity contribution in [2.45, 2.75) is 40.2 Å². The molecule has 0 bridgehead atoms. The fraction of sp³-hybridized carbons (Fsp3) is 0.450. The van der Waals surface area contributed by atoms with Gasteiger partial charge in [0.2, 0.25) is 5.91 Å². The lowest BCUT2D eigenvalue weighted by Crippen LogP contribution is -2.39. The molecule has 0 saturated carbocycles. The van der Waals surface area contributed by atoms with Gasteiger partial charge in [-0.25, -0.2) is 0 Å². The lowest BCUT2D eigenvalue weighted by molar-refractivity contribution is -0.143. The molecule has 1 aromatic carbocycles. The summed E-state index contributed by atoms with van der Waals surface area (Å²) in [5, 5.41) is 13.7. The molecule has 1 aromatic heterocycles. The van der Waals surface area contributed by atoms with Crippen LogP contribution in [0.2, 0.25) is 0 Å². The number of aryl methyl sites for hydroxylation is 2. The zero-order chi connectivity index (χ0) is 19.4. The van der Waals surface area contributed by atoms with Gasteiger partial charge < -0.3 is 10.0 Å². The Kier molecular flexibility index (Phi) is 6.18. The molecule has 0 fully saturated rings. The van der Waals surface area contributed by atoms with Crippen LogP contribution in [0.15, 0.2) is 30.3 Å². The van der Waals surface area contributed by atoms with Gasteiger partial charge in [0.05, 0.1) is 17.5 Å². The van der Waals surface area contributed by atoms with Crippen LogP contribution in [0.3, 0.4) is 0 Å². The number of aromatic nitrogens is 2. The van der Waals surface area contributed by atoms with E-state index in [-0.39, 0.29) is 18.4 Å². The minimum absolute atomic E-state index is 0.0823. The third-order valence-corrected chi connectivity index (χ3v) is 4.81. The van der Waals surface area contributed by atoms with E-state index >= 15 is 0 Å². The van der Waals surface area contributed by atoms with E-state index < -0.39 is 11.9 Å². The van der Waals surface area contributed by atoms with Gasteiger partial charge in [0, 0.05) is 31.4 Å². The van der Waals surface area contributed by atoms with E-state index in [1.165, 1.54) is 0 Å². The maximum absolute atomic E-state index is 13.2. The number of hydrogen-bond acceptors (Lipinski definition) is 3. The van der Waals surface area contributed by atoms with Crippen LogP contribution in [0.25, 0.3) is 0 Å². The Hall–Kier alpha value is -2.63. The minimum Gasteiger partial charge on any atom is -0.481 e. The van der Waals surface area contributed by atoms with Crippen LogP contribution >= 0.6 is 0 Å². The van der Waals surface area contributed by atoms with Crippen molar-refractivity contribution in [3.63, 3.8) is 0 Å². The van der Waals surface area contributed by atoms with Crippen LogP contribution in [-0.4, -0.2) is 38.2 Å². The van der Waals surface area contributed by atoms with Crippen molar-refractivity contribution in [3.8, 4) is 0 Å². The fourth-order valence-electron chi connectivity index (χ4n) is 3.26. The zero-order valence-electron chi connectivity index (χ0n) is 16.1. The quantitative estimate of drug-likeness (QED) is 0.827. The minimum atomic E-state index is -0.905. The van der Waals surface area contributed by atoms with E-state index in [2.05, 4.69) is 5.10 Å². The second kappa shape index (κ2) is 8.17. The highest BCUT2D eigenvalue weighted by atomic mass is 16.4. The summed E-state index contributed by atoms with van der Waals surface area (Å²) in [6, 6.07) is 9.63. The highest BCUT2D eigenvalue weighted by Crippen LogP contribution is 2.26. The molecule has 0 aliphatic heterocycles.